The van der Waals surface area contributed by atoms with Crippen molar-refractivity contribution in [2.45, 2.75) is 38.8 Å². The highest BCUT2D eigenvalue weighted by atomic mass is 15.2. The van der Waals surface area contributed by atoms with E-state index in [4.69, 9.17) is 5.73 Å². The van der Waals surface area contributed by atoms with E-state index in [1.807, 2.05) is 0 Å². The first-order valence-corrected chi connectivity index (χ1v) is 5.16. The molecule has 0 aromatic rings. The fraction of sp³-hybridized carbons (Fsp3) is 1.00. The zero-order valence-electron chi connectivity index (χ0n) is 8.16. The zero-order valence-corrected chi connectivity index (χ0v) is 8.16. The van der Waals surface area contributed by atoms with E-state index in [1.54, 1.807) is 0 Å². The first-order valence-electron chi connectivity index (χ1n) is 5.16. The molecule has 0 radical (unpaired) electrons. The normalized spacial score (nSPS) is 49.2. The highest BCUT2D eigenvalue weighted by molar-refractivity contribution is 4.92. The summed E-state index contributed by atoms with van der Waals surface area (Å²) < 4.78 is 0. The minimum absolute atomic E-state index is 0.431. The van der Waals surface area contributed by atoms with Gasteiger partial charge in [-0.15, -0.1) is 0 Å². The molecule has 0 amide bonds. The second kappa shape index (κ2) is 3.00. The van der Waals surface area contributed by atoms with Crippen molar-refractivity contribution >= 4 is 0 Å². The predicted molar refractivity (Wildman–Crippen MR) is 50.9 cm³/mol. The van der Waals surface area contributed by atoms with Gasteiger partial charge in [-0.3, -0.25) is 4.90 Å². The predicted octanol–water partition coefficient (Wildman–Crippen LogP) is 1.06. The van der Waals surface area contributed by atoms with Crippen molar-refractivity contribution < 1.29 is 0 Å². The van der Waals surface area contributed by atoms with Gasteiger partial charge in [0.15, 0.2) is 0 Å². The van der Waals surface area contributed by atoms with Crippen LogP contribution in [0.4, 0.5) is 0 Å². The lowest BCUT2D eigenvalue weighted by molar-refractivity contribution is 0.106. The lowest BCUT2D eigenvalue weighted by Gasteiger charge is -2.39. The third-order valence-electron chi connectivity index (χ3n) is 3.56. The molecule has 2 nitrogen and oxygen atoms in total. The number of nitrogens with two attached hydrogens (primary N) is 1. The van der Waals surface area contributed by atoms with E-state index >= 15 is 0 Å². The minimum atomic E-state index is 0.431. The summed E-state index contributed by atoms with van der Waals surface area (Å²) in [7, 11) is 0. The second-order valence-electron chi connectivity index (χ2n) is 4.83. The average Bonchev–Trinajstić information content (AvgIpc) is 2.26. The molecule has 2 fully saturated rings. The maximum atomic E-state index is 5.98. The van der Waals surface area contributed by atoms with Gasteiger partial charge in [0.25, 0.3) is 0 Å². The quantitative estimate of drug-likeness (QED) is 0.634. The molecule has 1 saturated carbocycles. The van der Waals surface area contributed by atoms with Gasteiger partial charge in [-0.1, -0.05) is 13.8 Å². The Kier molecular flexibility index (Phi) is 2.13. The standard InChI is InChI=1S/C10H20N2/c1-7-3-9(4-7)12-5-8(2)10(11)6-12/h7-10H,3-6,11H2,1-2H3. The Labute approximate surface area is 75.1 Å². The van der Waals surface area contributed by atoms with E-state index in [2.05, 4.69) is 18.7 Å². The van der Waals surface area contributed by atoms with Gasteiger partial charge in [0.1, 0.15) is 0 Å². The van der Waals surface area contributed by atoms with Crippen LogP contribution < -0.4 is 5.73 Å². The topological polar surface area (TPSA) is 29.3 Å². The summed E-state index contributed by atoms with van der Waals surface area (Å²) >= 11 is 0. The largest absolute Gasteiger partial charge is 0.326 e. The molecule has 0 aromatic heterocycles. The van der Waals surface area contributed by atoms with Crippen molar-refractivity contribution in [1.82, 2.24) is 4.90 Å². The minimum Gasteiger partial charge on any atom is -0.326 e. The van der Waals surface area contributed by atoms with Crippen LogP contribution in [0.15, 0.2) is 0 Å². The first-order chi connectivity index (χ1) is 5.66. The second-order valence-corrected chi connectivity index (χ2v) is 4.83. The van der Waals surface area contributed by atoms with Crippen LogP contribution in [0.1, 0.15) is 26.7 Å². The third-order valence-corrected chi connectivity index (χ3v) is 3.56. The van der Waals surface area contributed by atoms with E-state index in [0.29, 0.717) is 12.0 Å². The van der Waals surface area contributed by atoms with Gasteiger partial charge in [-0.25, -0.2) is 0 Å². The van der Waals surface area contributed by atoms with E-state index in [1.165, 1.54) is 19.4 Å². The van der Waals surface area contributed by atoms with Crippen LogP contribution in [0.25, 0.3) is 0 Å². The van der Waals surface area contributed by atoms with Crippen LogP contribution in [-0.4, -0.2) is 30.1 Å². The van der Waals surface area contributed by atoms with Gasteiger partial charge < -0.3 is 5.73 Å². The average molecular weight is 168 g/mol. The number of hydrogen-bond donors (Lipinski definition) is 1. The Hall–Kier alpha value is -0.0800. The Morgan fingerprint density at radius 1 is 1.17 bits per heavy atom. The summed E-state index contributed by atoms with van der Waals surface area (Å²) in [5.74, 6) is 1.67. The molecule has 1 heterocycles. The number of rotatable bonds is 1. The van der Waals surface area contributed by atoms with Crippen LogP contribution in [0.2, 0.25) is 0 Å². The van der Waals surface area contributed by atoms with Gasteiger partial charge in [0.05, 0.1) is 0 Å². The fourth-order valence-electron chi connectivity index (χ4n) is 2.49. The molecule has 2 aliphatic rings. The molecular formula is C10H20N2. The molecule has 12 heavy (non-hydrogen) atoms. The van der Waals surface area contributed by atoms with Gasteiger partial charge in [0, 0.05) is 25.2 Å². The van der Waals surface area contributed by atoms with Crippen molar-refractivity contribution in [2.75, 3.05) is 13.1 Å². The SMILES string of the molecule is CC1CC(N2CC(C)C(N)C2)C1. The Bertz CT molecular complexity index is 153. The summed E-state index contributed by atoms with van der Waals surface area (Å²) in [5, 5.41) is 0. The molecule has 1 saturated heterocycles. The maximum Gasteiger partial charge on any atom is 0.0206 e. The first kappa shape index (κ1) is 8.52. The number of hydrogen-bond acceptors (Lipinski definition) is 2. The van der Waals surface area contributed by atoms with Crippen molar-refractivity contribution in [1.29, 1.82) is 0 Å². The van der Waals surface area contributed by atoms with Crippen LogP contribution in [0.5, 0.6) is 0 Å². The van der Waals surface area contributed by atoms with Crippen molar-refractivity contribution in [3.05, 3.63) is 0 Å². The maximum absolute atomic E-state index is 5.98. The zero-order chi connectivity index (χ0) is 8.72. The summed E-state index contributed by atoms with van der Waals surface area (Å²) in [6.07, 6.45) is 2.80. The van der Waals surface area contributed by atoms with Crippen molar-refractivity contribution in [3.8, 4) is 0 Å². The Morgan fingerprint density at radius 2 is 1.83 bits per heavy atom. The van der Waals surface area contributed by atoms with Crippen LogP contribution in [0.3, 0.4) is 0 Å². The highest BCUT2D eigenvalue weighted by Crippen LogP contribution is 2.33. The summed E-state index contributed by atoms with van der Waals surface area (Å²) in [4.78, 5) is 2.59. The van der Waals surface area contributed by atoms with Crippen LogP contribution in [-0.2, 0) is 0 Å². The smallest absolute Gasteiger partial charge is 0.0206 e. The molecule has 2 rings (SSSR count). The van der Waals surface area contributed by atoms with Crippen LogP contribution >= 0.6 is 0 Å². The molecule has 1 aliphatic carbocycles. The molecule has 2 atom stereocenters. The molecule has 2 N–H and O–H groups in total. The fourth-order valence-corrected chi connectivity index (χ4v) is 2.49. The monoisotopic (exact) mass is 168 g/mol. The molecule has 70 valence electrons. The van der Waals surface area contributed by atoms with Crippen molar-refractivity contribution in [3.63, 3.8) is 0 Å². The number of likely N-dealkylation sites (tertiary alicyclic amines) is 1. The van der Waals surface area contributed by atoms with Crippen LogP contribution in [0, 0.1) is 11.8 Å². The van der Waals surface area contributed by atoms with Gasteiger partial charge in [0.2, 0.25) is 0 Å². The van der Waals surface area contributed by atoms with E-state index in [0.717, 1.165) is 18.5 Å². The molecule has 0 bridgehead atoms. The third kappa shape index (κ3) is 1.38. The van der Waals surface area contributed by atoms with Gasteiger partial charge in [-0.05, 0) is 24.7 Å². The summed E-state index contributed by atoms with van der Waals surface area (Å²) in [6.45, 7) is 6.99. The van der Waals surface area contributed by atoms with Gasteiger partial charge in [-0.2, -0.15) is 0 Å². The van der Waals surface area contributed by atoms with Gasteiger partial charge >= 0.3 is 0 Å². The van der Waals surface area contributed by atoms with E-state index < -0.39 is 0 Å². The molecule has 2 heteroatoms. The molecule has 1 aliphatic heterocycles. The van der Waals surface area contributed by atoms with E-state index in [-0.39, 0.29) is 0 Å². The highest BCUT2D eigenvalue weighted by Gasteiger charge is 2.36. The summed E-state index contributed by atoms with van der Waals surface area (Å²) in [5.41, 5.74) is 5.98. The Balaban J connectivity index is 1.84. The lowest BCUT2D eigenvalue weighted by Crippen LogP contribution is -2.43. The Morgan fingerprint density at radius 3 is 2.25 bits per heavy atom. The molecule has 0 aromatic carbocycles. The summed E-state index contributed by atoms with van der Waals surface area (Å²) in [6, 6.07) is 1.30. The van der Waals surface area contributed by atoms with E-state index in [9.17, 15) is 0 Å². The lowest BCUT2D eigenvalue weighted by atomic mass is 9.81. The van der Waals surface area contributed by atoms with Crippen molar-refractivity contribution in [2.24, 2.45) is 17.6 Å². The molecular weight excluding hydrogens is 148 g/mol. The molecule has 2 unspecified atom stereocenters. The molecule has 0 spiro atoms. The number of nitrogens with zero attached hydrogens (tertiary/aromatic N) is 1.